The van der Waals surface area contributed by atoms with E-state index in [0.717, 1.165) is 0 Å². The molecule has 1 aliphatic rings. The van der Waals surface area contributed by atoms with Crippen LogP contribution in [-0.4, -0.2) is 38.7 Å². The standard InChI is InChI=1S/C20H21NO6/c1-4-27-17(22)10-9-13-7-5-6-8-14(13)18-15(19(23)25-2)11-21-12-16(18)20(24)26-3/h5-12,18,21H,4H2,1-3H3/b10-9-. The topological polar surface area (TPSA) is 90.9 Å². The second-order valence-electron chi connectivity index (χ2n) is 5.50. The minimum Gasteiger partial charge on any atom is -0.466 e. The lowest BCUT2D eigenvalue weighted by atomic mass is 9.81. The first kappa shape index (κ1) is 20.0. The average Bonchev–Trinajstić information content (AvgIpc) is 2.71. The quantitative estimate of drug-likeness (QED) is 0.465. The van der Waals surface area contributed by atoms with E-state index in [4.69, 9.17) is 14.2 Å². The maximum atomic E-state index is 12.3. The average molecular weight is 371 g/mol. The molecule has 0 atom stereocenters. The molecule has 0 spiro atoms. The minimum absolute atomic E-state index is 0.248. The first-order valence-electron chi connectivity index (χ1n) is 8.30. The lowest BCUT2D eigenvalue weighted by Gasteiger charge is -2.25. The van der Waals surface area contributed by atoms with Crippen molar-refractivity contribution in [3.63, 3.8) is 0 Å². The van der Waals surface area contributed by atoms with E-state index in [1.165, 1.54) is 32.7 Å². The number of hydrogen-bond acceptors (Lipinski definition) is 7. The van der Waals surface area contributed by atoms with Gasteiger partial charge in [-0.25, -0.2) is 14.4 Å². The normalized spacial score (nSPS) is 14.0. The Morgan fingerprint density at radius 3 is 2.19 bits per heavy atom. The Bertz CT molecular complexity index is 790. The van der Waals surface area contributed by atoms with E-state index >= 15 is 0 Å². The summed E-state index contributed by atoms with van der Waals surface area (Å²) in [4.78, 5) is 36.2. The third kappa shape index (κ3) is 4.63. The Morgan fingerprint density at radius 1 is 1.04 bits per heavy atom. The van der Waals surface area contributed by atoms with E-state index < -0.39 is 23.8 Å². The first-order valence-corrected chi connectivity index (χ1v) is 8.30. The summed E-state index contributed by atoms with van der Waals surface area (Å²) in [5.74, 6) is -2.35. The number of carbonyl (C=O) groups excluding carboxylic acids is 3. The number of rotatable bonds is 6. The highest BCUT2D eigenvalue weighted by atomic mass is 16.5. The zero-order chi connectivity index (χ0) is 19.8. The van der Waals surface area contributed by atoms with Crippen LogP contribution in [0.2, 0.25) is 0 Å². The Labute approximate surface area is 157 Å². The van der Waals surface area contributed by atoms with Gasteiger partial charge in [-0.05, 0) is 24.1 Å². The molecule has 27 heavy (non-hydrogen) atoms. The summed E-state index contributed by atoms with van der Waals surface area (Å²) in [5, 5.41) is 2.78. The van der Waals surface area contributed by atoms with Crippen molar-refractivity contribution in [2.75, 3.05) is 20.8 Å². The van der Waals surface area contributed by atoms with Crippen LogP contribution in [0.15, 0.2) is 53.9 Å². The monoisotopic (exact) mass is 371 g/mol. The highest BCUT2D eigenvalue weighted by molar-refractivity contribution is 5.99. The molecule has 0 saturated heterocycles. The molecule has 1 aromatic carbocycles. The summed E-state index contributed by atoms with van der Waals surface area (Å²) in [6.45, 7) is 1.99. The summed E-state index contributed by atoms with van der Waals surface area (Å²) in [6.07, 6.45) is 5.84. The number of benzene rings is 1. The predicted molar refractivity (Wildman–Crippen MR) is 98.2 cm³/mol. The number of esters is 3. The molecule has 0 saturated carbocycles. The van der Waals surface area contributed by atoms with Gasteiger partial charge < -0.3 is 19.5 Å². The summed E-state index contributed by atoms with van der Waals surface area (Å²) in [7, 11) is 2.53. The number of methoxy groups -OCH3 is 2. The van der Waals surface area contributed by atoms with Gasteiger partial charge >= 0.3 is 17.9 Å². The molecular weight excluding hydrogens is 350 g/mol. The zero-order valence-electron chi connectivity index (χ0n) is 15.4. The number of ether oxygens (including phenoxy) is 3. The molecule has 0 radical (unpaired) electrons. The SMILES string of the molecule is CCOC(=O)/C=C\c1ccccc1C1C(C(=O)OC)=CNC=C1C(=O)OC. The molecule has 1 heterocycles. The van der Waals surface area contributed by atoms with E-state index in [2.05, 4.69) is 5.32 Å². The van der Waals surface area contributed by atoms with Crippen molar-refractivity contribution in [2.45, 2.75) is 12.8 Å². The fourth-order valence-electron chi connectivity index (χ4n) is 2.75. The lowest BCUT2D eigenvalue weighted by Crippen LogP contribution is -2.26. The van der Waals surface area contributed by atoms with E-state index in [1.54, 1.807) is 37.3 Å². The van der Waals surface area contributed by atoms with Gasteiger partial charge in [0.05, 0.1) is 37.9 Å². The van der Waals surface area contributed by atoms with Gasteiger partial charge in [0, 0.05) is 18.5 Å². The van der Waals surface area contributed by atoms with Crippen LogP contribution in [0.3, 0.4) is 0 Å². The van der Waals surface area contributed by atoms with Gasteiger partial charge in [0.15, 0.2) is 0 Å². The van der Waals surface area contributed by atoms with Crippen LogP contribution in [0.25, 0.3) is 6.08 Å². The maximum absolute atomic E-state index is 12.3. The largest absolute Gasteiger partial charge is 0.466 e. The van der Waals surface area contributed by atoms with Crippen LogP contribution in [0, 0.1) is 0 Å². The molecular formula is C20H21NO6. The van der Waals surface area contributed by atoms with Crippen LogP contribution in [0.5, 0.6) is 0 Å². The van der Waals surface area contributed by atoms with Crippen LogP contribution in [0.1, 0.15) is 24.0 Å². The van der Waals surface area contributed by atoms with Crippen molar-refractivity contribution in [3.05, 3.63) is 65.0 Å². The Balaban J connectivity index is 2.53. The van der Waals surface area contributed by atoms with E-state index in [1.807, 2.05) is 0 Å². The third-order valence-corrected chi connectivity index (χ3v) is 3.93. The molecule has 1 N–H and O–H groups in total. The second kappa shape index (κ2) is 9.38. The number of hydrogen-bond donors (Lipinski definition) is 1. The molecule has 7 heteroatoms. The smallest absolute Gasteiger partial charge is 0.336 e. The van der Waals surface area contributed by atoms with Crippen molar-refractivity contribution in [1.82, 2.24) is 5.32 Å². The fourth-order valence-corrected chi connectivity index (χ4v) is 2.75. The summed E-state index contributed by atoms with van der Waals surface area (Å²) in [6, 6.07) is 7.12. The fraction of sp³-hybridized carbons (Fsp3) is 0.250. The van der Waals surface area contributed by atoms with Crippen LogP contribution in [0.4, 0.5) is 0 Å². The Kier molecular flexibility index (Phi) is 6.93. The highest BCUT2D eigenvalue weighted by Crippen LogP contribution is 2.37. The van der Waals surface area contributed by atoms with E-state index in [9.17, 15) is 14.4 Å². The highest BCUT2D eigenvalue weighted by Gasteiger charge is 2.34. The predicted octanol–water partition coefficient (Wildman–Crippen LogP) is 2.06. The molecule has 0 unspecified atom stereocenters. The summed E-state index contributed by atoms with van der Waals surface area (Å²) < 4.78 is 14.6. The number of nitrogens with one attached hydrogen (secondary N) is 1. The van der Waals surface area contributed by atoms with Gasteiger partial charge in [-0.15, -0.1) is 0 Å². The lowest BCUT2D eigenvalue weighted by molar-refractivity contribution is -0.138. The molecule has 142 valence electrons. The third-order valence-electron chi connectivity index (χ3n) is 3.93. The molecule has 2 rings (SSSR count). The summed E-state index contributed by atoms with van der Waals surface area (Å²) >= 11 is 0. The molecule has 0 aliphatic carbocycles. The van der Waals surface area contributed by atoms with Crippen molar-refractivity contribution in [2.24, 2.45) is 0 Å². The molecule has 1 aromatic rings. The Hall–Kier alpha value is -3.35. The number of dihydropyridines is 1. The van der Waals surface area contributed by atoms with Crippen LogP contribution < -0.4 is 5.32 Å². The number of carbonyl (C=O) groups is 3. The summed E-state index contributed by atoms with van der Waals surface area (Å²) in [5.41, 5.74) is 1.80. The minimum atomic E-state index is -0.714. The molecule has 0 fully saturated rings. The zero-order valence-corrected chi connectivity index (χ0v) is 15.4. The van der Waals surface area contributed by atoms with Gasteiger partial charge in [-0.2, -0.15) is 0 Å². The van der Waals surface area contributed by atoms with Crippen LogP contribution >= 0.6 is 0 Å². The van der Waals surface area contributed by atoms with Gasteiger partial charge in [0.1, 0.15) is 0 Å². The van der Waals surface area contributed by atoms with E-state index in [0.29, 0.717) is 11.1 Å². The molecule has 1 aliphatic heterocycles. The van der Waals surface area contributed by atoms with Crippen molar-refractivity contribution in [3.8, 4) is 0 Å². The van der Waals surface area contributed by atoms with E-state index in [-0.39, 0.29) is 17.8 Å². The maximum Gasteiger partial charge on any atom is 0.336 e. The van der Waals surface area contributed by atoms with Gasteiger partial charge in [0.25, 0.3) is 0 Å². The van der Waals surface area contributed by atoms with Crippen molar-refractivity contribution < 1.29 is 28.6 Å². The second-order valence-corrected chi connectivity index (χ2v) is 5.50. The van der Waals surface area contributed by atoms with Gasteiger partial charge in [0.2, 0.25) is 0 Å². The molecule has 0 amide bonds. The molecule has 0 bridgehead atoms. The molecule has 7 nitrogen and oxygen atoms in total. The first-order chi connectivity index (χ1) is 13.0. The van der Waals surface area contributed by atoms with Crippen molar-refractivity contribution >= 4 is 24.0 Å². The Morgan fingerprint density at radius 2 is 1.63 bits per heavy atom. The molecule has 0 aromatic heterocycles. The van der Waals surface area contributed by atoms with Gasteiger partial charge in [-0.3, -0.25) is 0 Å². The van der Waals surface area contributed by atoms with Crippen LogP contribution in [-0.2, 0) is 28.6 Å². The van der Waals surface area contributed by atoms with Gasteiger partial charge in [-0.1, -0.05) is 24.3 Å². The van der Waals surface area contributed by atoms with Crippen molar-refractivity contribution in [1.29, 1.82) is 0 Å².